The summed E-state index contributed by atoms with van der Waals surface area (Å²) in [6.07, 6.45) is 0.975. The Balaban J connectivity index is 2.37. The Bertz CT molecular complexity index is 309. The Kier molecular flexibility index (Phi) is 4.39. The molecule has 1 fully saturated rings. The number of amides is 1. The fourth-order valence-corrected chi connectivity index (χ4v) is 1.86. The fourth-order valence-electron chi connectivity index (χ4n) is 1.86. The molecule has 3 N–H and O–H groups in total. The molecule has 0 aromatic rings. The summed E-state index contributed by atoms with van der Waals surface area (Å²) in [7, 11) is 0. The molecular formula is C10H15F2NO4. The molecule has 0 saturated heterocycles. The molecule has 1 amide bonds. The van der Waals surface area contributed by atoms with Crippen molar-refractivity contribution in [3.05, 3.63) is 0 Å². The molecule has 17 heavy (non-hydrogen) atoms. The van der Waals surface area contributed by atoms with E-state index >= 15 is 0 Å². The van der Waals surface area contributed by atoms with Crippen molar-refractivity contribution in [2.24, 2.45) is 11.8 Å². The van der Waals surface area contributed by atoms with Crippen LogP contribution in [0.1, 0.15) is 19.3 Å². The standard InChI is InChI=1S/C10H15F2NO4/c11-10(12,5-14)4-13-8(15)6-1-2-7(3-6)9(16)17/h6-7,14H,1-5H2,(H,13,15)(H,16,17)/t6-,7+/m1/s1. The maximum absolute atomic E-state index is 12.6. The van der Waals surface area contributed by atoms with E-state index in [1.165, 1.54) is 0 Å². The van der Waals surface area contributed by atoms with Gasteiger partial charge in [0.2, 0.25) is 5.91 Å². The van der Waals surface area contributed by atoms with Crippen LogP contribution >= 0.6 is 0 Å². The monoisotopic (exact) mass is 251 g/mol. The number of halogens is 2. The molecular weight excluding hydrogens is 236 g/mol. The first-order valence-electron chi connectivity index (χ1n) is 5.35. The van der Waals surface area contributed by atoms with Crippen molar-refractivity contribution in [2.75, 3.05) is 13.2 Å². The number of carbonyl (C=O) groups excluding carboxylic acids is 1. The van der Waals surface area contributed by atoms with Crippen LogP contribution in [-0.4, -0.2) is 41.2 Å². The van der Waals surface area contributed by atoms with E-state index in [2.05, 4.69) is 0 Å². The molecule has 0 unspecified atom stereocenters. The first-order chi connectivity index (χ1) is 7.85. The lowest BCUT2D eigenvalue weighted by Gasteiger charge is -2.16. The molecule has 98 valence electrons. The van der Waals surface area contributed by atoms with E-state index in [1.54, 1.807) is 0 Å². The number of carboxylic acid groups (broad SMARTS) is 1. The molecule has 2 atom stereocenters. The van der Waals surface area contributed by atoms with Gasteiger partial charge in [-0.05, 0) is 19.3 Å². The van der Waals surface area contributed by atoms with E-state index in [-0.39, 0.29) is 6.42 Å². The van der Waals surface area contributed by atoms with E-state index in [0.717, 1.165) is 0 Å². The third-order valence-corrected chi connectivity index (χ3v) is 2.91. The van der Waals surface area contributed by atoms with Gasteiger partial charge in [-0.2, -0.15) is 0 Å². The molecule has 0 aromatic heterocycles. The lowest BCUT2D eigenvalue weighted by Crippen LogP contribution is -2.41. The SMILES string of the molecule is O=C(O)[C@H]1CC[C@@H](C(=O)NCC(F)(F)CO)C1. The molecule has 0 aliphatic heterocycles. The third-order valence-electron chi connectivity index (χ3n) is 2.91. The molecule has 5 nitrogen and oxygen atoms in total. The van der Waals surface area contributed by atoms with Crippen molar-refractivity contribution >= 4 is 11.9 Å². The van der Waals surface area contributed by atoms with Gasteiger partial charge in [0.15, 0.2) is 0 Å². The number of carboxylic acids is 1. The van der Waals surface area contributed by atoms with Gasteiger partial charge < -0.3 is 15.5 Å². The van der Waals surface area contributed by atoms with Crippen molar-refractivity contribution in [1.82, 2.24) is 5.32 Å². The molecule has 1 saturated carbocycles. The number of rotatable bonds is 5. The van der Waals surface area contributed by atoms with E-state index in [0.29, 0.717) is 12.8 Å². The van der Waals surface area contributed by atoms with E-state index in [4.69, 9.17) is 10.2 Å². The molecule has 0 radical (unpaired) electrons. The van der Waals surface area contributed by atoms with Gasteiger partial charge in [0, 0.05) is 5.92 Å². The Hall–Kier alpha value is -1.24. The number of aliphatic hydroxyl groups is 1. The van der Waals surface area contributed by atoms with E-state index in [1.807, 2.05) is 5.32 Å². The highest BCUT2D eigenvalue weighted by Crippen LogP contribution is 2.31. The zero-order valence-electron chi connectivity index (χ0n) is 9.16. The fraction of sp³-hybridized carbons (Fsp3) is 0.800. The highest BCUT2D eigenvalue weighted by Gasteiger charge is 2.35. The van der Waals surface area contributed by atoms with Crippen LogP contribution in [0.25, 0.3) is 0 Å². The van der Waals surface area contributed by atoms with Gasteiger partial charge in [0.1, 0.15) is 6.61 Å². The molecule has 1 rings (SSSR count). The van der Waals surface area contributed by atoms with Gasteiger partial charge in [-0.25, -0.2) is 8.78 Å². The summed E-state index contributed by atoms with van der Waals surface area (Å²) in [5.41, 5.74) is 0. The molecule has 0 aromatic carbocycles. The summed E-state index contributed by atoms with van der Waals surface area (Å²) < 4.78 is 25.3. The van der Waals surface area contributed by atoms with Crippen LogP contribution in [0.2, 0.25) is 0 Å². The molecule has 0 spiro atoms. The normalized spacial score (nSPS) is 24.6. The van der Waals surface area contributed by atoms with Crippen molar-refractivity contribution in [2.45, 2.75) is 25.2 Å². The molecule has 1 aliphatic carbocycles. The summed E-state index contributed by atoms with van der Waals surface area (Å²) in [6.45, 7) is -2.24. The topological polar surface area (TPSA) is 86.6 Å². The second kappa shape index (κ2) is 5.39. The highest BCUT2D eigenvalue weighted by atomic mass is 19.3. The number of nitrogens with one attached hydrogen (secondary N) is 1. The number of aliphatic carboxylic acids is 1. The number of hydrogen-bond acceptors (Lipinski definition) is 3. The maximum Gasteiger partial charge on any atom is 0.306 e. The van der Waals surface area contributed by atoms with Crippen molar-refractivity contribution in [3.8, 4) is 0 Å². The lowest BCUT2D eigenvalue weighted by atomic mass is 10.0. The second-order valence-corrected chi connectivity index (χ2v) is 4.28. The summed E-state index contributed by atoms with van der Waals surface area (Å²) in [4.78, 5) is 22.1. The van der Waals surface area contributed by atoms with E-state index < -0.39 is 42.8 Å². The van der Waals surface area contributed by atoms with Crippen LogP contribution in [-0.2, 0) is 9.59 Å². The Morgan fingerprint density at radius 1 is 1.29 bits per heavy atom. The number of aliphatic hydroxyl groups excluding tert-OH is 1. The predicted molar refractivity (Wildman–Crippen MR) is 53.5 cm³/mol. The van der Waals surface area contributed by atoms with Crippen LogP contribution in [0.5, 0.6) is 0 Å². The number of hydrogen-bond donors (Lipinski definition) is 3. The van der Waals surface area contributed by atoms with Gasteiger partial charge in [0.05, 0.1) is 12.5 Å². The van der Waals surface area contributed by atoms with Crippen molar-refractivity contribution in [3.63, 3.8) is 0 Å². The molecule has 0 heterocycles. The highest BCUT2D eigenvalue weighted by molar-refractivity contribution is 5.80. The Morgan fingerprint density at radius 2 is 1.88 bits per heavy atom. The average molecular weight is 251 g/mol. The average Bonchev–Trinajstić information content (AvgIpc) is 2.75. The van der Waals surface area contributed by atoms with Gasteiger partial charge in [0.25, 0.3) is 5.92 Å². The smallest absolute Gasteiger partial charge is 0.306 e. The molecule has 0 bridgehead atoms. The predicted octanol–water partition coefficient (Wildman–Crippen LogP) is 0.231. The van der Waals surface area contributed by atoms with Crippen LogP contribution in [0, 0.1) is 11.8 Å². The van der Waals surface area contributed by atoms with Crippen LogP contribution < -0.4 is 5.32 Å². The van der Waals surface area contributed by atoms with Crippen LogP contribution in [0.3, 0.4) is 0 Å². The van der Waals surface area contributed by atoms with Crippen molar-refractivity contribution < 1.29 is 28.6 Å². The minimum absolute atomic E-state index is 0.186. The van der Waals surface area contributed by atoms with Crippen LogP contribution in [0.4, 0.5) is 8.78 Å². The summed E-state index contributed by atoms with van der Waals surface area (Å²) in [6, 6.07) is 0. The Labute approximate surface area is 96.8 Å². The largest absolute Gasteiger partial charge is 0.481 e. The molecule has 7 heteroatoms. The third kappa shape index (κ3) is 3.92. The van der Waals surface area contributed by atoms with Gasteiger partial charge in [-0.15, -0.1) is 0 Å². The Morgan fingerprint density at radius 3 is 2.35 bits per heavy atom. The summed E-state index contributed by atoms with van der Waals surface area (Å²) in [5, 5.41) is 19.1. The number of alkyl halides is 2. The lowest BCUT2D eigenvalue weighted by molar-refractivity contribution is -0.141. The minimum atomic E-state index is -3.33. The maximum atomic E-state index is 12.6. The second-order valence-electron chi connectivity index (χ2n) is 4.28. The summed E-state index contributed by atoms with van der Waals surface area (Å²) in [5.74, 6) is -5.95. The first kappa shape index (κ1) is 13.8. The summed E-state index contributed by atoms with van der Waals surface area (Å²) >= 11 is 0. The minimum Gasteiger partial charge on any atom is -0.481 e. The zero-order valence-corrected chi connectivity index (χ0v) is 9.16. The molecule has 1 aliphatic rings. The van der Waals surface area contributed by atoms with Gasteiger partial charge in [-0.1, -0.05) is 0 Å². The zero-order chi connectivity index (χ0) is 13.1. The quantitative estimate of drug-likeness (QED) is 0.653. The first-order valence-corrected chi connectivity index (χ1v) is 5.35. The van der Waals surface area contributed by atoms with E-state index in [9.17, 15) is 18.4 Å². The van der Waals surface area contributed by atoms with Gasteiger partial charge >= 0.3 is 5.97 Å². The van der Waals surface area contributed by atoms with Crippen molar-refractivity contribution in [1.29, 1.82) is 0 Å². The van der Waals surface area contributed by atoms with Crippen LogP contribution in [0.15, 0.2) is 0 Å². The number of carbonyl (C=O) groups is 2. The van der Waals surface area contributed by atoms with Gasteiger partial charge in [-0.3, -0.25) is 9.59 Å².